The minimum atomic E-state index is -3.73. The van der Waals surface area contributed by atoms with Crippen molar-refractivity contribution in [2.75, 3.05) is 0 Å². The van der Waals surface area contributed by atoms with Crippen LogP contribution in [0.4, 0.5) is 0 Å². The van der Waals surface area contributed by atoms with Crippen LogP contribution in [0.15, 0.2) is 59.5 Å². The average Bonchev–Trinajstić information content (AvgIpc) is 2.78. The molecule has 0 bridgehead atoms. The fraction of sp³-hybridized carbons (Fsp3) is 0.211. The largest absolute Gasteiger partial charge is 0.294 e. The van der Waals surface area contributed by atoms with Crippen molar-refractivity contribution >= 4 is 27.0 Å². The lowest BCUT2D eigenvalue weighted by Gasteiger charge is -2.15. The van der Waals surface area contributed by atoms with Crippen LogP contribution in [0.3, 0.4) is 0 Å². The van der Waals surface area contributed by atoms with Crippen molar-refractivity contribution in [3.8, 4) is 0 Å². The van der Waals surface area contributed by atoms with Crippen molar-refractivity contribution in [1.29, 1.82) is 0 Å². The second-order valence-corrected chi connectivity index (χ2v) is 8.24. The minimum Gasteiger partial charge on any atom is -0.294 e. The molecule has 1 aliphatic rings. The van der Waals surface area contributed by atoms with Crippen LogP contribution in [0.25, 0.3) is 11.1 Å². The van der Waals surface area contributed by atoms with Crippen LogP contribution in [0.2, 0.25) is 0 Å². The van der Waals surface area contributed by atoms with Crippen molar-refractivity contribution in [2.24, 2.45) is 10.6 Å². The number of hydrogen-bond donors (Lipinski definition) is 1. The molecular formula is C19H19NO3S. The number of rotatable bonds is 3. The molecule has 0 spiro atoms. The van der Waals surface area contributed by atoms with E-state index < -0.39 is 15.4 Å². The zero-order valence-corrected chi connectivity index (χ0v) is 14.4. The Morgan fingerprint density at radius 2 is 1.50 bits per heavy atom. The number of carbonyl (C=O) groups excluding carboxylic acids is 1. The van der Waals surface area contributed by atoms with E-state index in [9.17, 15) is 13.2 Å². The second kappa shape index (κ2) is 5.69. The van der Waals surface area contributed by atoms with Crippen molar-refractivity contribution in [3.63, 3.8) is 0 Å². The zero-order chi connectivity index (χ0) is 17.5. The van der Waals surface area contributed by atoms with Gasteiger partial charge in [-0.1, -0.05) is 56.3 Å². The number of ketones is 1. The average molecular weight is 341 g/mol. The number of nitrogens with two attached hydrogens (primary N) is 1. The van der Waals surface area contributed by atoms with E-state index >= 15 is 0 Å². The topological polar surface area (TPSA) is 77.2 Å². The summed E-state index contributed by atoms with van der Waals surface area (Å²) in [6.45, 7) is 3.87. The van der Waals surface area contributed by atoms with Gasteiger partial charge < -0.3 is 0 Å². The van der Waals surface area contributed by atoms with Gasteiger partial charge in [0.15, 0.2) is 5.78 Å². The zero-order valence-electron chi connectivity index (χ0n) is 13.6. The first-order chi connectivity index (χ1) is 11.2. The van der Waals surface area contributed by atoms with E-state index in [1.807, 2.05) is 44.2 Å². The van der Waals surface area contributed by atoms with Crippen molar-refractivity contribution < 1.29 is 13.2 Å². The maximum absolute atomic E-state index is 12.9. The molecule has 2 N–H and O–H groups in total. The Hall–Kier alpha value is -2.24. The maximum Gasteiger partial charge on any atom is 0.238 e. The number of hydrogen-bond acceptors (Lipinski definition) is 3. The van der Waals surface area contributed by atoms with E-state index in [0.29, 0.717) is 12.0 Å². The summed E-state index contributed by atoms with van der Waals surface area (Å²) < 4.78 is 22.8. The molecule has 0 aliphatic heterocycles. The molecule has 124 valence electrons. The first-order valence-electron chi connectivity index (χ1n) is 7.67. The molecule has 5 heteroatoms. The highest BCUT2D eigenvalue weighted by Crippen LogP contribution is 2.46. The number of primary sulfonamides is 1. The molecule has 4 nitrogen and oxygen atoms in total. The van der Waals surface area contributed by atoms with Crippen molar-refractivity contribution in [3.05, 3.63) is 65.7 Å². The fourth-order valence-corrected chi connectivity index (χ4v) is 3.60. The Morgan fingerprint density at radius 1 is 0.917 bits per heavy atom. The van der Waals surface area contributed by atoms with Crippen molar-refractivity contribution in [2.45, 2.75) is 25.2 Å². The predicted molar refractivity (Wildman–Crippen MR) is 94.5 cm³/mol. The summed E-state index contributed by atoms with van der Waals surface area (Å²) in [5.41, 5.74) is 2.92. The second-order valence-electron chi connectivity index (χ2n) is 6.68. The van der Waals surface area contributed by atoms with Gasteiger partial charge in [0.2, 0.25) is 10.0 Å². The summed E-state index contributed by atoms with van der Waals surface area (Å²) in [7, 11) is -3.73. The molecular weight excluding hydrogens is 322 g/mol. The SMILES string of the molecule is CC1(C)CC(c2ccc(S(N)(=O)=O)cc2)=C(c2ccccc2)C1=O. The quantitative estimate of drug-likeness (QED) is 0.931. The summed E-state index contributed by atoms with van der Waals surface area (Å²) in [5, 5.41) is 5.15. The molecule has 24 heavy (non-hydrogen) atoms. The molecule has 0 unspecified atom stereocenters. The molecule has 3 rings (SSSR count). The van der Waals surface area contributed by atoms with Gasteiger partial charge in [-0.3, -0.25) is 4.79 Å². The van der Waals surface area contributed by atoms with E-state index in [-0.39, 0.29) is 10.7 Å². The normalized spacial score (nSPS) is 17.4. The predicted octanol–water partition coefficient (Wildman–Crippen LogP) is 3.24. The lowest BCUT2D eigenvalue weighted by atomic mass is 9.86. The lowest BCUT2D eigenvalue weighted by Crippen LogP contribution is -2.19. The Labute approximate surface area is 142 Å². The van der Waals surface area contributed by atoms with Gasteiger partial charge in [0.05, 0.1) is 4.90 Å². The third kappa shape index (κ3) is 2.92. The molecule has 0 fully saturated rings. The number of allylic oxidation sites excluding steroid dienone is 2. The van der Waals surface area contributed by atoms with Gasteiger partial charge in [-0.05, 0) is 35.3 Å². The fourth-order valence-electron chi connectivity index (χ4n) is 3.09. The van der Waals surface area contributed by atoms with Gasteiger partial charge in [0.1, 0.15) is 0 Å². The van der Waals surface area contributed by atoms with E-state index in [1.165, 1.54) is 12.1 Å². The Kier molecular flexibility index (Phi) is 3.94. The van der Waals surface area contributed by atoms with Crippen LogP contribution in [0.5, 0.6) is 0 Å². The maximum atomic E-state index is 12.9. The smallest absolute Gasteiger partial charge is 0.238 e. The number of Topliss-reactive ketones (excluding diaryl/α,β-unsaturated/α-hetero) is 1. The van der Waals surface area contributed by atoms with Crippen molar-refractivity contribution in [1.82, 2.24) is 0 Å². The van der Waals surface area contributed by atoms with Gasteiger partial charge in [-0.25, -0.2) is 13.6 Å². The standard InChI is InChI=1S/C19H19NO3S/c1-19(2)12-16(13-8-10-15(11-9-13)24(20,22)23)17(18(19)21)14-6-4-3-5-7-14/h3-11H,12H2,1-2H3,(H2,20,22,23). The first-order valence-corrected chi connectivity index (χ1v) is 9.21. The number of carbonyl (C=O) groups is 1. The van der Waals surface area contributed by atoms with Gasteiger partial charge in [0, 0.05) is 11.0 Å². The van der Waals surface area contributed by atoms with E-state index in [2.05, 4.69) is 0 Å². The van der Waals surface area contributed by atoms with E-state index in [0.717, 1.165) is 16.7 Å². The summed E-state index contributed by atoms with van der Waals surface area (Å²) in [4.78, 5) is 12.9. The van der Waals surface area contributed by atoms with Crippen LogP contribution >= 0.6 is 0 Å². The summed E-state index contributed by atoms with van der Waals surface area (Å²) in [5.74, 6) is 0.110. The molecule has 0 saturated heterocycles. The highest BCUT2D eigenvalue weighted by Gasteiger charge is 2.40. The lowest BCUT2D eigenvalue weighted by molar-refractivity contribution is -0.120. The summed E-state index contributed by atoms with van der Waals surface area (Å²) >= 11 is 0. The van der Waals surface area contributed by atoms with Crippen LogP contribution in [0.1, 0.15) is 31.4 Å². The minimum absolute atomic E-state index is 0.0664. The summed E-state index contributed by atoms with van der Waals surface area (Å²) in [6.07, 6.45) is 0.616. The van der Waals surface area contributed by atoms with Crippen LogP contribution < -0.4 is 5.14 Å². The van der Waals surface area contributed by atoms with Crippen LogP contribution in [-0.2, 0) is 14.8 Å². The third-order valence-electron chi connectivity index (χ3n) is 4.36. The molecule has 2 aromatic rings. The molecule has 0 aromatic heterocycles. The van der Waals surface area contributed by atoms with Gasteiger partial charge in [-0.2, -0.15) is 0 Å². The molecule has 0 atom stereocenters. The van der Waals surface area contributed by atoms with Gasteiger partial charge >= 0.3 is 0 Å². The summed E-state index contributed by atoms with van der Waals surface area (Å²) in [6, 6.07) is 16.0. The number of benzene rings is 2. The van der Waals surface area contributed by atoms with Gasteiger partial charge in [-0.15, -0.1) is 0 Å². The molecule has 2 aromatic carbocycles. The van der Waals surface area contributed by atoms with E-state index in [4.69, 9.17) is 5.14 Å². The first kappa shape index (κ1) is 16.6. The molecule has 1 aliphatic carbocycles. The molecule has 0 radical (unpaired) electrons. The molecule has 0 heterocycles. The molecule has 0 amide bonds. The molecule has 0 saturated carbocycles. The van der Waals surface area contributed by atoms with Crippen LogP contribution in [-0.4, -0.2) is 14.2 Å². The Morgan fingerprint density at radius 3 is 2.04 bits per heavy atom. The highest BCUT2D eigenvalue weighted by atomic mass is 32.2. The Bertz CT molecular complexity index is 924. The van der Waals surface area contributed by atoms with Gasteiger partial charge in [0.25, 0.3) is 0 Å². The number of sulfonamides is 1. The monoisotopic (exact) mass is 341 g/mol. The third-order valence-corrected chi connectivity index (χ3v) is 5.29. The highest BCUT2D eigenvalue weighted by molar-refractivity contribution is 7.89. The Balaban J connectivity index is 2.15. The van der Waals surface area contributed by atoms with E-state index in [1.54, 1.807) is 12.1 Å². The van der Waals surface area contributed by atoms with Crippen LogP contribution in [0, 0.1) is 5.41 Å².